The maximum Gasteiger partial charge on any atom is 0.106 e. The summed E-state index contributed by atoms with van der Waals surface area (Å²) in [4.78, 5) is 15.8. The fourth-order valence-electron chi connectivity index (χ4n) is 0. The van der Waals surface area contributed by atoms with Gasteiger partial charge in [-0.25, -0.2) is 0 Å². The van der Waals surface area contributed by atoms with Crippen molar-refractivity contribution >= 4 is 13.6 Å². The van der Waals surface area contributed by atoms with E-state index in [0.29, 0.717) is 0 Å². The summed E-state index contributed by atoms with van der Waals surface area (Å²) < 4.78 is 0. The molecular formula is C2H3NiO2-. The van der Waals surface area contributed by atoms with E-state index in [2.05, 4.69) is 6.79 Å². The molecule has 0 aliphatic heterocycles. The first-order valence-electron chi connectivity index (χ1n) is 0.524. The van der Waals surface area contributed by atoms with Crippen molar-refractivity contribution in [2.75, 3.05) is 0 Å². The van der Waals surface area contributed by atoms with Gasteiger partial charge in [0.1, 0.15) is 6.79 Å². The molecule has 0 rings (SSSR count). The van der Waals surface area contributed by atoms with E-state index in [1.54, 1.807) is 0 Å². The van der Waals surface area contributed by atoms with Crippen LogP contribution in [-0.4, -0.2) is 13.6 Å². The molecule has 34 valence electrons. The van der Waals surface area contributed by atoms with Crippen LogP contribution in [0.15, 0.2) is 0 Å². The number of hydrogen-bond acceptors (Lipinski definition) is 2. The Kier molecular flexibility index (Phi) is 4690. The molecule has 2 nitrogen and oxygen atoms in total. The van der Waals surface area contributed by atoms with Gasteiger partial charge in [0.15, 0.2) is 0 Å². The van der Waals surface area contributed by atoms with Crippen LogP contribution in [0.1, 0.15) is 0 Å². The van der Waals surface area contributed by atoms with Gasteiger partial charge in [-0.15, -0.1) is 0 Å². The van der Waals surface area contributed by atoms with Gasteiger partial charge >= 0.3 is 0 Å². The van der Waals surface area contributed by atoms with Crippen LogP contribution in [0.2, 0.25) is 0 Å². The smallest absolute Gasteiger partial charge is 0.106 e. The Balaban J connectivity index is -0.0000000133. The largest absolute Gasteiger partial charge is 0.545 e. The maximum atomic E-state index is 8.00. The van der Waals surface area contributed by atoms with Crippen LogP contribution >= 0.6 is 0 Å². The van der Waals surface area contributed by atoms with E-state index in [-0.39, 0.29) is 16.5 Å². The Morgan fingerprint density at radius 1 is 1.20 bits per heavy atom. The van der Waals surface area contributed by atoms with E-state index in [1.807, 2.05) is 6.79 Å². The van der Waals surface area contributed by atoms with Crippen molar-refractivity contribution in [1.82, 2.24) is 0 Å². The van der Waals surface area contributed by atoms with E-state index in [1.165, 1.54) is 0 Å². The maximum absolute atomic E-state index is 8.00. The Morgan fingerprint density at radius 3 is 1.20 bits per heavy atom. The molecule has 0 aliphatic carbocycles. The summed E-state index contributed by atoms with van der Waals surface area (Å²) in [6, 6.07) is 0. The second kappa shape index (κ2) is 1110. The number of rotatable bonds is 0. The van der Waals surface area contributed by atoms with Crippen molar-refractivity contribution in [3.05, 3.63) is 0 Å². The molecule has 0 spiro atoms. The first-order valence-corrected chi connectivity index (χ1v) is 0.524. The Hall–Kier alpha value is -0.166. The molecule has 0 saturated carbocycles. The van der Waals surface area contributed by atoms with Crippen molar-refractivity contribution in [1.29, 1.82) is 0 Å². The van der Waals surface area contributed by atoms with Crippen LogP contribution in [-0.2, 0) is 26.1 Å². The minimum absolute atomic E-state index is 0. The van der Waals surface area contributed by atoms with Gasteiger partial charge in [0.2, 0.25) is 0 Å². The van der Waals surface area contributed by atoms with Crippen molar-refractivity contribution < 1.29 is 26.1 Å². The standard InChI is InChI=1S/CH2O.CHO.Ni/c2*1-2;/h1H2;1H;/q;-1;. The van der Waals surface area contributed by atoms with Gasteiger partial charge in [-0.2, -0.15) is 0 Å². The molecule has 0 fully saturated rings. The van der Waals surface area contributed by atoms with E-state index in [4.69, 9.17) is 9.59 Å². The molecule has 3 heteroatoms. The molecule has 0 unspecified atom stereocenters. The third-order valence-electron chi connectivity index (χ3n) is 0. The van der Waals surface area contributed by atoms with Crippen molar-refractivity contribution in [2.45, 2.75) is 0 Å². The Labute approximate surface area is 40.5 Å². The van der Waals surface area contributed by atoms with Crippen LogP contribution in [0.3, 0.4) is 0 Å². The van der Waals surface area contributed by atoms with E-state index in [0.717, 1.165) is 0 Å². The molecule has 0 saturated heterocycles. The zero-order valence-electron chi connectivity index (χ0n) is 2.42. The van der Waals surface area contributed by atoms with Crippen LogP contribution in [0.25, 0.3) is 0 Å². The minimum Gasteiger partial charge on any atom is -0.545 e. The fourth-order valence-corrected chi connectivity index (χ4v) is 0. The number of hydrogen-bond donors (Lipinski definition) is 0. The molecule has 0 aromatic carbocycles. The minimum atomic E-state index is 0. The summed E-state index contributed by atoms with van der Waals surface area (Å²) in [7, 11) is 0. The monoisotopic (exact) mass is 117 g/mol. The van der Waals surface area contributed by atoms with Crippen LogP contribution in [0, 0.1) is 0 Å². The molecule has 0 aromatic heterocycles. The molecular weight excluding hydrogens is 115 g/mol. The van der Waals surface area contributed by atoms with Gasteiger partial charge in [-0.05, 0) is 0 Å². The fraction of sp³-hybridized carbons (Fsp3) is 0. The summed E-state index contributed by atoms with van der Waals surface area (Å²) in [6.07, 6.45) is 0. The summed E-state index contributed by atoms with van der Waals surface area (Å²) in [6.45, 7) is 5.25. The first kappa shape index (κ1) is 21.1. The number of carbonyl (C=O) groups is 1. The SMILES string of the molecule is C=O.[CH-]=O.[Ni]. The topological polar surface area (TPSA) is 34.1 Å². The normalized spacial score (nSPS) is 1.60. The van der Waals surface area contributed by atoms with Crippen molar-refractivity contribution in [2.24, 2.45) is 0 Å². The second-order valence-electron chi connectivity index (χ2n) is 0. The average molecular weight is 118 g/mol. The van der Waals surface area contributed by atoms with Gasteiger partial charge in [-0.1, -0.05) is 0 Å². The van der Waals surface area contributed by atoms with Crippen molar-refractivity contribution in [3.8, 4) is 0 Å². The quantitative estimate of drug-likeness (QED) is 0.245. The van der Waals surface area contributed by atoms with Gasteiger partial charge in [-0.3, -0.25) is 6.79 Å². The van der Waals surface area contributed by atoms with Crippen LogP contribution in [0.4, 0.5) is 0 Å². The first-order chi connectivity index (χ1) is 2.00. The molecule has 0 N–H and O–H groups in total. The summed E-state index contributed by atoms with van der Waals surface area (Å²) in [5.74, 6) is 0. The molecule has 5 heavy (non-hydrogen) atoms. The van der Waals surface area contributed by atoms with E-state index >= 15 is 0 Å². The summed E-state index contributed by atoms with van der Waals surface area (Å²) in [5, 5.41) is 0. The van der Waals surface area contributed by atoms with Gasteiger partial charge in [0, 0.05) is 16.5 Å². The van der Waals surface area contributed by atoms with Crippen molar-refractivity contribution in [3.63, 3.8) is 0 Å². The molecule has 0 heterocycles. The molecule has 0 atom stereocenters. The summed E-state index contributed by atoms with van der Waals surface area (Å²) in [5.41, 5.74) is 0. The molecule has 0 bridgehead atoms. The predicted molar refractivity (Wildman–Crippen MR) is 13.9 cm³/mol. The van der Waals surface area contributed by atoms with E-state index < -0.39 is 0 Å². The molecule has 0 aromatic rings. The second-order valence-corrected chi connectivity index (χ2v) is 0. The van der Waals surface area contributed by atoms with Gasteiger partial charge in [0.25, 0.3) is 0 Å². The number of carbonyl (C=O) groups excluding carboxylic acids is 2. The van der Waals surface area contributed by atoms with Crippen LogP contribution < -0.4 is 0 Å². The van der Waals surface area contributed by atoms with Crippen LogP contribution in [0.5, 0.6) is 0 Å². The van der Waals surface area contributed by atoms with Gasteiger partial charge in [0.05, 0.1) is 0 Å². The Morgan fingerprint density at radius 2 is 1.20 bits per heavy atom. The van der Waals surface area contributed by atoms with Gasteiger partial charge < -0.3 is 9.59 Å². The summed E-state index contributed by atoms with van der Waals surface area (Å²) >= 11 is 0. The Bertz CT molecular complexity index is 9.61. The zero-order chi connectivity index (χ0) is 4.00. The average Bonchev–Trinajstić information content (AvgIpc) is 1.50. The molecule has 0 amide bonds. The third-order valence-corrected chi connectivity index (χ3v) is 0. The molecule has 0 radical (unpaired) electrons. The zero-order valence-corrected chi connectivity index (χ0v) is 3.40. The molecule has 0 aliphatic rings. The predicted octanol–water partition coefficient (Wildman–Crippen LogP) is -0.462. The third kappa shape index (κ3) is 465. The van der Waals surface area contributed by atoms with E-state index in [9.17, 15) is 0 Å².